The van der Waals surface area contributed by atoms with E-state index in [1.807, 2.05) is 43.3 Å². The van der Waals surface area contributed by atoms with Crippen LogP contribution < -0.4 is 5.32 Å². The third-order valence-corrected chi connectivity index (χ3v) is 3.60. The summed E-state index contributed by atoms with van der Waals surface area (Å²) < 4.78 is 4.65. The van der Waals surface area contributed by atoms with Gasteiger partial charge in [-0.05, 0) is 19.9 Å². The van der Waals surface area contributed by atoms with Crippen molar-refractivity contribution in [1.82, 2.24) is 15.3 Å². The summed E-state index contributed by atoms with van der Waals surface area (Å²) in [5, 5.41) is 2.62. The maximum Gasteiger partial charge on any atom is 0.413 e. The number of hydrogen-bond acceptors (Lipinski definition) is 6. The van der Waals surface area contributed by atoms with Crippen molar-refractivity contribution in [3.63, 3.8) is 0 Å². The number of nitrogens with zero attached hydrogens (tertiary/aromatic N) is 2. The predicted octanol–water partition coefficient (Wildman–Crippen LogP) is 2.82. The fourth-order valence-corrected chi connectivity index (χ4v) is 2.51. The van der Waals surface area contributed by atoms with E-state index in [4.69, 9.17) is 0 Å². The molecule has 0 aliphatic carbocycles. The number of benzene rings is 1. The van der Waals surface area contributed by atoms with E-state index >= 15 is 0 Å². The molecule has 0 bridgehead atoms. The Hall–Kier alpha value is -2.41. The molecule has 0 aliphatic rings. The lowest BCUT2D eigenvalue weighted by Gasteiger charge is -2.06. The second-order valence-corrected chi connectivity index (χ2v) is 5.54. The van der Waals surface area contributed by atoms with E-state index in [2.05, 4.69) is 20.0 Å². The van der Waals surface area contributed by atoms with Gasteiger partial charge in [-0.1, -0.05) is 42.1 Å². The minimum atomic E-state index is -0.742. The van der Waals surface area contributed by atoms with Crippen molar-refractivity contribution < 1.29 is 14.3 Å². The van der Waals surface area contributed by atoms with Crippen LogP contribution in [-0.2, 0) is 9.53 Å². The zero-order valence-corrected chi connectivity index (χ0v) is 13.7. The van der Waals surface area contributed by atoms with Gasteiger partial charge in [0.1, 0.15) is 0 Å². The number of alkyl carbamates (subject to hydrolysis) is 1. The zero-order valence-electron chi connectivity index (χ0n) is 12.9. The minimum Gasteiger partial charge on any atom is -0.450 e. The third kappa shape index (κ3) is 5.37. The number of nitrogens with one attached hydrogen (secondary N) is 1. The number of thioether (sulfide) groups is 1. The van der Waals surface area contributed by atoms with E-state index < -0.39 is 12.0 Å². The molecule has 0 saturated heterocycles. The number of ether oxygens (including phenoxy) is 1. The Balaban J connectivity index is 2.02. The van der Waals surface area contributed by atoms with Crippen LogP contribution in [0.5, 0.6) is 0 Å². The highest BCUT2D eigenvalue weighted by Crippen LogP contribution is 2.21. The molecule has 0 unspecified atom stereocenters. The Morgan fingerprint density at radius 2 is 1.96 bits per heavy atom. The van der Waals surface area contributed by atoms with Gasteiger partial charge in [0.2, 0.25) is 5.91 Å². The first-order valence-corrected chi connectivity index (χ1v) is 8.07. The molecule has 1 aromatic carbocycles. The van der Waals surface area contributed by atoms with Gasteiger partial charge in [-0.3, -0.25) is 10.1 Å². The Bertz CT molecular complexity index is 692. The van der Waals surface area contributed by atoms with Crippen molar-refractivity contribution in [1.29, 1.82) is 0 Å². The zero-order chi connectivity index (χ0) is 16.7. The Kier molecular flexibility index (Phi) is 6.10. The molecule has 2 amide bonds. The van der Waals surface area contributed by atoms with Crippen LogP contribution in [0.4, 0.5) is 4.79 Å². The molecular formula is C16H17N3O3S. The van der Waals surface area contributed by atoms with Gasteiger partial charge in [-0.25, -0.2) is 14.8 Å². The van der Waals surface area contributed by atoms with Gasteiger partial charge in [0, 0.05) is 11.3 Å². The summed E-state index contributed by atoms with van der Waals surface area (Å²) in [6.07, 6.45) is -0.742. The number of carbonyl (C=O) groups is 2. The van der Waals surface area contributed by atoms with Crippen LogP contribution in [0, 0.1) is 6.92 Å². The summed E-state index contributed by atoms with van der Waals surface area (Å²) in [5.41, 5.74) is 2.59. The molecular weight excluding hydrogens is 314 g/mol. The standard InChI is InChI=1S/C16H17N3O3S/c1-3-22-16(21)19-14(20)10-23-15-17-11(2)9-13(18-15)12-7-5-4-6-8-12/h4-9H,3,10H2,1-2H3,(H,19,20,21). The molecule has 0 aliphatic heterocycles. The number of hydrogen-bond donors (Lipinski definition) is 1. The van der Waals surface area contributed by atoms with Crippen LogP contribution in [0.2, 0.25) is 0 Å². The van der Waals surface area contributed by atoms with Gasteiger partial charge >= 0.3 is 6.09 Å². The number of rotatable bonds is 5. The number of amides is 2. The van der Waals surface area contributed by atoms with Crippen LogP contribution in [0.15, 0.2) is 41.6 Å². The molecule has 2 rings (SSSR count). The van der Waals surface area contributed by atoms with Crippen molar-refractivity contribution in [2.45, 2.75) is 19.0 Å². The normalized spacial score (nSPS) is 10.2. The quantitative estimate of drug-likeness (QED) is 0.670. The number of aromatic nitrogens is 2. The van der Waals surface area contributed by atoms with Crippen LogP contribution in [0.1, 0.15) is 12.6 Å². The second-order valence-electron chi connectivity index (χ2n) is 4.60. The molecule has 23 heavy (non-hydrogen) atoms. The Labute approximate surface area is 138 Å². The van der Waals surface area contributed by atoms with E-state index in [-0.39, 0.29) is 12.4 Å². The summed E-state index contributed by atoms with van der Waals surface area (Å²) in [4.78, 5) is 31.6. The largest absolute Gasteiger partial charge is 0.450 e. The topological polar surface area (TPSA) is 81.2 Å². The summed E-state index contributed by atoms with van der Waals surface area (Å²) >= 11 is 1.17. The van der Waals surface area contributed by atoms with Crippen molar-refractivity contribution in [3.05, 3.63) is 42.1 Å². The maximum absolute atomic E-state index is 11.7. The molecule has 0 fully saturated rings. The highest BCUT2D eigenvalue weighted by atomic mass is 32.2. The average Bonchev–Trinajstić information content (AvgIpc) is 2.53. The van der Waals surface area contributed by atoms with Gasteiger partial charge in [0.05, 0.1) is 18.1 Å². The van der Waals surface area contributed by atoms with Crippen molar-refractivity contribution in [2.75, 3.05) is 12.4 Å². The molecule has 7 heteroatoms. The van der Waals surface area contributed by atoms with E-state index in [0.29, 0.717) is 5.16 Å². The number of imide groups is 1. The first-order chi connectivity index (χ1) is 11.1. The lowest BCUT2D eigenvalue weighted by molar-refractivity contribution is -0.117. The average molecular weight is 331 g/mol. The molecule has 1 heterocycles. The van der Waals surface area contributed by atoms with E-state index in [9.17, 15) is 9.59 Å². The minimum absolute atomic E-state index is 0.0382. The fraction of sp³-hybridized carbons (Fsp3) is 0.250. The molecule has 0 radical (unpaired) electrons. The van der Waals surface area contributed by atoms with Gasteiger partial charge in [0.25, 0.3) is 0 Å². The smallest absolute Gasteiger partial charge is 0.413 e. The van der Waals surface area contributed by atoms with Crippen LogP contribution in [0.3, 0.4) is 0 Å². The second kappa shape index (κ2) is 8.28. The molecule has 0 spiro atoms. The monoisotopic (exact) mass is 331 g/mol. The maximum atomic E-state index is 11.7. The molecule has 0 atom stereocenters. The molecule has 2 aromatic rings. The first-order valence-electron chi connectivity index (χ1n) is 7.09. The van der Waals surface area contributed by atoms with E-state index in [1.54, 1.807) is 6.92 Å². The van der Waals surface area contributed by atoms with Crippen LogP contribution in [-0.4, -0.2) is 34.3 Å². The van der Waals surface area contributed by atoms with Gasteiger partial charge < -0.3 is 4.74 Å². The van der Waals surface area contributed by atoms with E-state index in [0.717, 1.165) is 17.0 Å². The number of carbonyl (C=O) groups excluding carboxylic acids is 2. The highest BCUT2D eigenvalue weighted by molar-refractivity contribution is 7.99. The van der Waals surface area contributed by atoms with Gasteiger partial charge in [-0.15, -0.1) is 0 Å². The predicted molar refractivity (Wildman–Crippen MR) is 88.1 cm³/mol. The lowest BCUT2D eigenvalue weighted by atomic mass is 10.1. The van der Waals surface area contributed by atoms with Crippen LogP contribution in [0.25, 0.3) is 11.3 Å². The summed E-state index contributed by atoms with van der Waals surface area (Å²) in [7, 11) is 0. The Morgan fingerprint density at radius 1 is 1.22 bits per heavy atom. The Morgan fingerprint density at radius 3 is 2.65 bits per heavy atom. The molecule has 1 N–H and O–H groups in total. The SMILES string of the molecule is CCOC(=O)NC(=O)CSc1nc(C)cc(-c2ccccc2)n1. The third-order valence-electron chi connectivity index (χ3n) is 2.75. The molecule has 120 valence electrons. The first kappa shape index (κ1) is 17.0. The lowest BCUT2D eigenvalue weighted by Crippen LogP contribution is -2.32. The molecule has 1 aromatic heterocycles. The summed E-state index contributed by atoms with van der Waals surface area (Å²) in [6, 6.07) is 11.6. The van der Waals surface area contributed by atoms with Gasteiger partial charge in [0.15, 0.2) is 5.16 Å². The van der Waals surface area contributed by atoms with Crippen molar-refractivity contribution in [2.24, 2.45) is 0 Å². The van der Waals surface area contributed by atoms with E-state index in [1.165, 1.54) is 11.8 Å². The van der Waals surface area contributed by atoms with Gasteiger partial charge in [-0.2, -0.15) is 0 Å². The van der Waals surface area contributed by atoms with Crippen LogP contribution >= 0.6 is 11.8 Å². The highest BCUT2D eigenvalue weighted by Gasteiger charge is 2.11. The number of aryl methyl sites for hydroxylation is 1. The fourth-order valence-electron chi connectivity index (χ4n) is 1.81. The van der Waals surface area contributed by atoms with Crippen molar-refractivity contribution >= 4 is 23.8 Å². The summed E-state index contributed by atoms with van der Waals surface area (Å²) in [6.45, 7) is 3.76. The molecule has 6 nitrogen and oxygen atoms in total. The summed E-state index contributed by atoms with van der Waals surface area (Å²) in [5.74, 6) is -0.406. The van der Waals surface area contributed by atoms with Crippen molar-refractivity contribution in [3.8, 4) is 11.3 Å². The molecule has 0 saturated carbocycles.